The smallest absolute Gasteiger partial charge is 0.252 e. The van der Waals surface area contributed by atoms with Crippen molar-refractivity contribution < 1.29 is 4.79 Å². The molecular weight excluding hydrogens is 358 g/mol. The fraction of sp³-hybridized carbons (Fsp3) is 0.182. The van der Waals surface area contributed by atoms with Crippen molar-refractivity contribution in [1.82, 2.24) is 10.3 Å². The van der Waals surface area contributed by atoms with Crippen LogP contribution in [0, 0.1) is 0 Å². The van der Waals surface area contributed by atoms with Gasteiger partial charge in [0.15, 0.2) is 0 Å². The van der Waals surface area contributed by atoms with E-state index in [0.717, 1.165) is 29.9 Å². The zero-order chi connectivity index (χ0) is 19.1. The van der Waals surface area contributed by atoms with E-state index >= 15 is 0 Å². The van der Waals surface area contributed by atoms with Crippen LogP contribution in [0.4, 0.5) is 11.4 Å². The molecule has 1 N–H and O–H groups in total. The number of para-hydroxylation sites is 1. The van der Waals surface area contributed by atoms with Crippen molar-refractivity contribution in [3.05, 3.63) is 89.2 Å². The lowest BCUT2D eigenvalue weighted by Gasteiger charge is -2.23. The molecule has 138 valence electrons. The van der Waals surface area contributed by atoms with Crippen LogP contribution >= 0.6 is 11.6 Å². The molecule has 1 heterocycles. The van der Waals surface area contributed by atoms with Gasteiger partial charge in [0.1, 0.15) is 0 Å². The lowest BCUT2D eigenvalue weighted by Crippen LogP contribution is -2.26. The van der Waals surface area contributed by atoms with Gasteiger partial charge in [0.25, 0.3) is 5.91 Å². The number of nitrogens with zero attached hydrogens (tertiary/aromatic N) is 2. The van der Waals surface area contributed by atoms with E-state index in [1.54, 1.807) is 12.4 Å². The molecule has 3 rings (SSSR count). The Morgan fingerprint density at radius 3 is 2.59 bits per heavy atom. The molecule has 1 aromatic heterocycles. The third-order valence-corrected chi connectivity index (χ3v) is 4.51. The number of hydrogen-bond acceptors (Lipinski definition) is 3. The summed E-state index contributed by atoms with van der Waals surface area (Å²) in [4.78, 5) is 18.9. The largest absolute Gasteiger partial charge is 0.352 e. The molecule has 0 spiro atoms. The number of rotatable bonds is 7. The maximum atomic E-state index is 12.5. The van der Waals surface area contributed by atoms with Gasteiger partial charge >= 0.3 is 0 Å². The molecule has 0 aliphatic heterocycles. The Morgan fingerprint density at radius 2 is 1.85 bits per heavy atom. The summed E-state index contributed by atoms with van der Waals surface area (Å²) < 4.78 is 0. The average molecular weight is 380 g/mol. The first-order valence-corrected chi connectivity index (χ1v) is 9.35. The summed E-state index contributed by atoms with van der Waals surface area (Å²) in [5.41, 5.74) is 3.61. The van der Waals surface area contributed by atoms with Crippen molar-refractivity contribution in [2.24, 2.45) is 0 Å². The number of halogens is 1. The molecule has 0 saturated heterocycles. The van der Waals surface area contributed by atoms with Gasteiger partial charge < -0.3 is 10.2 Å². The first kappa shape index (κ1) is 18.9. The average Bonchev–Trinajstić information content (AvgIpc) is 2.70. The van der Waals surface area contributed by atoms with Gasteiger partial charge in [-0.25, -0.2) is 0 Å². The monoisotopic (exact) mass is 379 g/mol. The van der Waals surface area contributed by atoms with Crippen LogP contribution in [0.1, 0.15) is 22.8 Å². The molecule has 0 bridgehead atoms. The van der Waals surface area contributed by atoms with Crippen LogP contribution in [0.5, 0.6) is 0 Å². The van der Waals surface area contributed by atoms with Crippen LogP contribution < -0.4 is 10.2 Å². The van der Waals surface area contributed by atoms with Crippen molar-refractivity contribution in [2.45, 2.75) is 13.3 Å². The third-order valence-electron chi connectivity index (χ3n) is 4.27. The van der Waals surface area contributed by atoms with Gasteiger partial charge in [-0.05, 0) is 49.2 Å². The number of carbonyl (C=O) groups is 1. The first-order chi connectivity index (χ1) is 13.2. The molecule has 0 fully saturated rings. The molecule has 27 heavy (non-hydrogen) atoms. The predicted molar refractivity (Wildman–Crippen MR) is 111 cm³/mol. The minimum absolute atomic E-state index is 0.129. The molecule has 0 atom stereocenters. The molecule has 4 nitrogen and oxygen atoms in total. The van der Waals surface area contributed by atoms with Crippen LogP contribution in [0.15, 0.2) is 73.1 Å². The predicted octanol–water partition coefficient (Wildman–Crippen LogP) is 4.87. The Kier molecular flexibility index (Phi) is 6.44. The van der Waals surface area contributed by atoms with E-state index in [4.69, 9.17) is 11.6 Å². The quantitative estimate of drug-likeness (QED) is 0.637. The molecular formula is C22H22ClN3O. The highest BCUT2D eigenvalue weighted by molar-refractivity contribution is 6.30. The lowest BCUT2D eigenvalue weighted by atomic mass is 10.1. The van der Waals surface area contributed by atoms with Crippen LogP contribution in [0.25, 0.3) is 0 Å². The lowest BCUT2D eigenvalue weighted by molar-refractivity contribution is 0.0954. The summed E-state index contributed by atoms with van der Waals surface area (Å²) in [6.07, 6.45) is 4.10. The second kappa shape index (κ2) is 9.19. The second-order valence-electron chi connectivity index (χ2n) is 6.15. The maximum Gasteiger partial charge on any atom is 0.252 e. The molecule has 3 aromatic rings. The zero-order valence-electron chi connectivity index (χ0n) is 15.2. The van der Waals surface area contributed by atoms with Crippen LogP contribution in [0.2, 0.25) is 5.02 Å². The highest BCUT2D eigenvalue weighted by Crippen LogP contribution is 2.24. The van der Waals surface area contributed by atoms with Gasteiger partial charge in [0.2, 0.25) is 0 Å². The normalized spacial score (nSPS) is 10.4. The van der Waals surface area contributed by atoms with E-state index in [2.05, 4.69) is 22.1 Å². The minimum Gasteiger partial charge on any atom is -0.352 e. The number of benzene rings is 2. The number of nitrogens with one attached hydrogen (secondary N) is 1. The molecule has 0 aliphatic carbocycles. The number of anilines is 2. The van der Waals surface area contributed by atoms with Gasteiger partial charge in [-0.15, -0.1) is 0 Å². The number of aromatic nitrogens is 1. The van der Waals surface area contributed by atoms with Crippen LogP contribution in [0.3, 0.4) is 0 Å². The van der Waals surface area contributed by atoms with E-state index in [-0.39, 0.29) is 5.91 Å². The van der Waals surface area contributed by atoms with Gasteiger partial charge in [-0.2, -0.15) is 0 Å². The van der Waals surface area contributed by atoms with E-state index in [1.807, 2.05) is 60.7 Å². The van der Waals surface area contributed by atoms with Crippen molar-refractivity contribution in [3.8, 4) is 0 Å². The Hall–Kier alpha value is -2.85. The minimum atomic E-state index is -0.129. The third kappa shape index (κ3) is 5.08. The Morgan fingerprint density at radius 1 is 1.04 bits per heavy atom. The van der Waals surface area contributed by atoms with Gasteiger partial charge in [0, 0.05) is 30.0 Å². The van der Waals surface area contributed by atoms with E-state index in [0.29, 0.717) is 17.1 Å². The van der Waals surface area contributed by atoms with Crippen LogP contribution in [-0.4, -0.2) is 24.0 Å². The zero-order valence-corrected chi connectivity index (χ0v) is 16.0. The molecule has 0 saturated carbocycles. The van der Waals surface area contributed by atoms with Crippen molar-refractivity contribution in [2.75, 3.05) is 18.0 Å². The summed E-state index contributed by atoms with van der Waals surface area (Å²) in [6.45, 7) is 3.40. The summed E-state index contributed by atoms with van der Waals surface area (Å²) >= 11 is 5.99. The number of pyridine rings is 1. The van der Waals surface area contributed by atoms with Crippen LogP contribution in [-0.2, 0) is 6.42 Å². The Bertz CT molecular complexity index is 899. The van der Waals surface area contributed by atoms with Gasteiger partial charge in [0.05, 0.1) is 17.4 Å². The number of carbonyl (C=O) groups excluding carboxylic acids is 1. The van der Waals surface area contributed by atoms with E-state index in [1.165, 1.54) is 0 Å². The van der Waals surface area contributed by atoms with Crippen molar-refractivity contribution in [3.63, 3.8) is 0 Å². The molecule has 1 amide bonds. The summed E-state index contributed by atoms with van der Waals surface area (Å²) in [7, 11) is 0. The fourth-order valence-electron chi connectivity index (χ4n) is 2.94. The number of hydrogen-bond donors (Lipinski definition) is 1. The molecule has 0 unspecified atom stereocenters. The topological polar surface area (TPSA) is 45.2 Å². The second-order valence-corrected chi connectivity index (χ2v) is 6.58. The summed E-state index contributed by atoms with van der Waals surface area (Å²) in [5, 5.41) is 3.66. The Labute approximate surface area is 164 Å². The van der Waals surface area contributed by atoms with Crippen molar-refractivity contribution in [1.29, 1.82) is 0 Å². The van der Waals surface area contributed by atoms with Crippen molar-refractivity contribution >= 4 is 28.9 Å². The fourth-order valence-corrected chi connectivity index (χ4v) is 3.15. The maximum absolute atomic E-state index is 12.5. The van der Waals surface area contributed by atoms with Gasteiger partial charge in [-0.3, -0.25) is 9.78 Å². The summed E-state index contributed by atoms with van der Waals surface area (Å²) in [6, 6.07) is 19.6. The summed E-state index contributed by atoms with van der Waals surface area (Å²) in [5.74, 6) is -0.129. The molecule has 2 aromatic carbocycles. The Balaban J connectivity index is 1.66. The standard InChI is InChI=1S/C22H22ClN3O/c1-2-26(20-9-4-3-5-10-20)21-14-18(15-24-16-21)22(27)25-12-11-17-7-6-8-19(23)13-17/h3-10,13-16H,2,11-12H2,1H3,(H,25,27). The highest BCUT2D eigenvalue weighted by atomic mass is 35.5. The van der Waals surface area contributed by atoms with E-state index in [9.17, 15) is 4.79 Å². The first-order valence-electron chi connectivity index (χ1n) is 8.97. The molecule has 5 heteroatoms. The molecule has 0 aliphatic rings. The molecule has 0 radical (unpaired) electrons. The number of amides is 1. The van der Waals surface area contributed by atoms with Gasteiger partial charge in [-0.1, -0.05) is 41.9 Å². The SMILES string of the molecule is CCN(c1ccccc1)c1cncc(C(=O)NCCc2cccc(Cl)c2)c1. The highest BCUT2D eigenvalue weighted by Gasteiger charge is 2.11. The van der Waals surface area contributed by atoms with E-state index < -0.39 is 0 Å².